The lowest BCUT2D eigenvalue weighted by atomic mass is 10.1. The van der Waals surface area contributed by atoms with Crippen LogP contribution in [0.5, 0.6) is 5.75 Å². The van der Waals surface area contributed by atoms with Gasteiger partial charge in [0.25, 0.3) is 0 Å². The summed E-state index contributed by atoms with van der Waals surface area (Å²) in [6.07, 6.45) is 2.72. The van der Waals surface area contributed by atoms with Crippen molar-refractivity contribution in [2.45, 2.75) is 32.4 Å². The zero-order valence-corrected chi connectivity index (χ0v) is 13.6. The van der Waals surface area contributed by atoms with Gasteiger partial charge in [-0.25, -0.2) is 0 Å². The Bertz CT molecular complexity index is 487. The van der Waals surface area contributed by atoms with Crippen LogP contribution >= 0.6 is 12.2 Å². The fourth-order valence-electron chi connectivity index (χ4n) is 2.68. The molecular formula is C16H24N2O2S. The SMILES string of the molecule is CCN(Cc1ccc(C(N)=S)c(OC)c1)CC1CCCO1. The standard InChI is InChI=1S/C16H24N2O2S/c1-3-18(11-13-5-4-8-20-13)10-12-6-7-14(16(17)21)15(9-12)19-2/h6-7,9,13H,3-5,8,10-11H2,1-2H3,(H2,17,21). The van der Waals surface area contributed by atoms with Crippen molar-refractivity contribution >= 4 is 17.2 Å². The van der Waals surface area contributed by atoms with Gasteiger partial charge in [0.05, 0.1) is 18.8 Å². The van der Waals surface area contributed by atoms with Crippen LogP contribution in [0.1, 0.15) is 30.9 Å². The number of likely N-dealkylation sites (N-methyl/N-ethyl adjacent to an activating group) is 1. The average molecular weight is 308 g/mol. The third-order valence-corrected chi connectivity index (χ3v) is 4.09. The third-order valence-electron chi connectivity index (χ3n) is 3.87. The molecule has 2 rings (SSSR count). The monoisotopic (exact) mass is 308 g/mol. The highest BCUT2D eigenvalue weighted by atomic mass is 32.1. The molecule has 4 nitrogen and oxygen atoms in total. The molecule has 1 unspecified atom stereocenters. The number of nitrogens with zero attached hydrogens (tertiary/aromatic N) is 1. The Morgan fingerprint density at radius 1 is 1.52 bits per heavy atom. The molecule has 1 aromatic rings. The molecule has 116 valence electrons. The van der Waals surface area contributed by atoms with E-state index in [1.54, 1.807) is 7.11 Å². The molecule has 0 saturated carbocycles. The second kappa shape index (κ2) is 7.73. The van der Waals surface area contributed by atoms with Gasteiger partial charge in [0, 0.05) is 19.7 Å². The van der Waals surface area contributed by atoms with Gasteiger partial charge in [-0.15, -0.1) is 0 Å². The van der Waals surface area contributed by atoms with E-state index in [4.69, 9.17) is 27.4 Å². The summed E-state index contributed by atoms with van der Waals surface area (Å²) >= 11 is 5.04. The molecule has 0 amide bonds. The van der Waals surface area contributed by atoms with Crippen LogP contribution in [0.25, 0.3) is 0 Å². The van der Waals surface area contributed by atoms with Gasteiger partial charge in [-0.05, 0) is 37.1 Å². The normalized spacial score (nSPS) is 18.1. The van der Waals surface area contributed by atoms with E-state index >= 15 is 0 Å². The van der Waals surface area contributed by atoms with E-state index in [2.05, 4.69) is 17.9 Å². The number of thiocarbonyl (C=S) groups is 1. The first-order chi connectivity index (χ1) is 10.1. The van der Waals surface area contributed by atoms with Crippen molar-refractivity contribution < 1.29 is 9.47 Å². The van der Waals surface area contributed by atoms with Gasteiger partial charge >= 0.3 is 0 Å². The molecule has 2 N–H and O–H groups in total. The highest BCUT2D eigenvalue weighted by molar-refractivity contribution is 7.80. The molecule has 1 saturated heterocycles. The lowest BCUT2D eigenvalue weighted by molar-refractivity contribution is 0.0725. The molecule has 1 heterocycles. The van der Waals surface area contributed by atoms with E-state index in [1.165, 1.54) is 18.4 Å². The first kappa shape index (κ1) is 16.2. The Morgan fingerprint density at radius 2 is 2.33 bits per heavy atom. The molecule has 0 aliphatic carbocycles. The van der Waals surface area contributed by atoms with E-state index in [-0.39, 0.29) is 0 Å². The van der Waals surface area contributed by atoms with Crippen molar-refractivity contribution in [1.29, 1.82) is 0 Å². The molecule has 1 atom stereocenters. The fourth-order valence-corrected chi connectivity index (χ4v) is 2.85. The molecular weight excluding hydrogens is 284 g/mol. The summed E-state index contributed by atoms with van der Waals surface area (Å²) in [6, 6.07) is 6.03. The van der Waals surface area contributed by atoms with Crippen molar-refractivity contribution in [3.63, 3.8) is 0 Å². The summed E-state index contributed by atoms with van der Waals surface area (Å²) in [5.41, 5.74) is 7.69. The van der Waals surface area contributed by atoms with Gasteiger partial charge in [-0.1, -0.05) is 25.2 Å². The van der Waals surface area contributed by atoms with Crippen LogP contribution in [-0.2, 0) is 11.3 Å². The zero-order valence-electron chi connectivity index (χ0n) is 12.8. The fraction of sp³-hybridized carbons (Fsp3) is 0.562. The van der Waals surface area contributed by atoms with Crippen LogP contribution < -0.4 is 10.5 Å². The van der Waals surface area contributed by atoms with Crippen molar-refractivity contribution in [1.82, 2.24) is 4.90 Å². The summed E-state index contributed by atoms with van der Waals surface area (Å²) in [5.74, 6) is 0.744. The van der Waals surface area contributed by atoms with E-state index < -0.39 is 0 Å². The lowest BCUT2D eigenvalue weighted by Crippen LogP contribution is -2.31. The molecule has 1 aliphatic rings. The van der Waals surface area contributed by atoms with Crippen LogP contribution in [-0.4, -0.2) is 42.8 Å². The molecule has 0 spiro atoms. The molecule has 21 heavy (non-hydrogen) atoms. The number of rotatable bonds is 7. The van der Waals surface area contributed by atoms with Crippen LogP contribution in [0.2, 0.25) is 0 Å². The molecule has 0 bridgehead atoms. The quantitative estimate of drug-likeness (QED) is 0.783. The Morgan fingerprint density at radius 3 is 2.90 bits per heavy atom. The molecule has 1 aliphatic heterocycles. The van der Waals surface area contributed by atoms with Crippen molar-refractivity contribution in [2.75, 3.05) is 26.8 Å². The number of hydrogen-bond acceptors (Lipinski definition) is 4. The average Bonchev–Trinajstić information content (AvgIpc) is 2.99. The van der Waals surface area contributed by atoms with Gasteiger partial charge < -0.3 is 15.2 Å². The summed E-state index contributed by atoms with van der Waals surface area (Å²) in [5, 5.41) is 0. The lowest BCUT2D eigenvalue weighted by Gasteiger charge is -2.24. The second-order valence-corrected chi connectivity index (χ2v) is 5.80. The number of benzene rings is 1. The van der Waals surface area contributed by atoms with Gasteiger partial charge in [-0.2, -0.15) is 0 Å². The molecule has 1 fully saturated rings. The molecule has 5 heteroatoms. The minimum absolute atomic E-state index is 0.366. The second-order valence-electron chi connectivity index (χ2n) is 5.36. The maximum absolute atomic E-state index is 5.72. The van der Waals surface area contributed by atoms with Gasteiger partial charge in [0.15, 0.2) is 0 Å². The minimum atomic E-state index is 0.366. The highest BCUT2D eigenvalue weighted by Crippen LogP contribution is 2.22. The van der Waals surface area contributed by atoms with Crippen molar-refractivity contribution in [2.24, 2.45) is 5.73 Å². The first-order valence-electron chi connectivity index (χ1n) is 7.44. The van der Waals surface area contributed by atoms with Crippen LogP contribution in [0, 0.1) is 0 Å². The van der Waals surface area contributed by atoms with E-state index in [0.29, 0.717) is 11.1 Å². The predicted molar refractivity (Wildman–Crippen MR) is 88.8 cm³/mol. The molecule has 0 radical (unpaired) electrons. The first-order valence-corrected chi connectivity index (χ1v) is 7.85. The smallest absolute Gasteiger partial charge is 0.129 e. The summed E-state index contributed by atoms with van der Waals surface area (Å²) in [7, 11) is 1.64. The van der Waals surface area contributed by atoms with Crippen LogP contribution in [0.15, 0.2) is 18.2 Å². The Balaban J connectivity index is 2.04. The number of ether oxygens (including phenoxy) is 2. The molecule has 0 aromatic heterocycles. The maximum atomic E-state index is 5.72. The van der Waals surface area contributed by atoms with E-state index in [0.717, 1.165) is 37.6 Å². The third kappa shape index (κ3) is 4.40. The molecule has 1 aromatic carbocycles. The Hall–Kier alpha value is -1.17. The number of nitrogens with two attached hydrogens (primary N) is 1. The topological polar surface area (TPSA) is 47.7 Å². The van der Waals surface area contributed by atoms with Crippen LogP contribution in [0.4, 0.5) is 0 Å². The van der Waals surface area contributed by atoms with Gasteiger partial charge in [0.2, 0.25) is 0 Å². The summed E-state index contributed by atoms with van der Waals surface area (Å²) in [4.78, 5) is 2.76. The number of hydrogen-bond donors (Lipinski definition) is 1. The summed E-state index contributed by atoms with van der Waals surface area (Å²) in [6.45, 7) is 5.94. The number of methoxy groups -OCH3 is 1. The van der Waals surface area contributed by atoms with Gasteiger partial charge in [0.1, 0.15) is 10.7 Å². The summed E-state index contributed by atoms with van der Waals surface area (Å²) < 4.78 is 11.1. The van der Waals surface area contributed by atoms with E-state index in [9.17, 15) is 0 Å². The predicted octanol–water partition coefficient (Wildman–Crippen LogP) is 2.33. The van der Waals surface area contributed by atoms with Gasteiger partial charge in [-0.3, -0.25) is 4.90 Å². The Labute approximate surface area is 132 Å². The minimum Gasteiger partial charge on any atom is -0.496 e. The highest BCUT2D eigenvalue weighted by Gasteiger charge is 2.19. The van der Waals surface area contributed by atoms with Crippen LogP contribution in [0.3, 0.4) is 0 Å². The largest absolute Gasteiger partial charge is 0.496 e. The van der Waals surface area contributed by atoms with Crippen molar-refractivity contribution in [3.8, 4) is 5.75 Å². The maximum Gasteiger partial charge on any atom is 0.129 e. The Kier molecular flexibility index (Phi) is 5.96. The zero-order chi connectivity index (χ0) is 15.2. The van der Waals surface area contributed by atoms with Crippen molar-refractivity contribution in [3.05, 3.63) is 29.3 Å². The van der Waals surface area contributed by atoms with E-state index in [1.807, 2.05) is 12.1 Å².